The van der Waals surface area contributed by atoms with Crippen molar-refractivity contribution in [3.8, 4) is 5.69 Å². The van der Waals surface area contributed by atoms with Crippen molar-refractivity contribution in [1.82, 2.24) is 14.8 Å². The molecule has 0 N–H and O–H groups in total. The van der Waals surface area contributed by atoms with E-state index < -0.39 is 0 Å². The Hall–Kier alpha value is -1.95. The van der Waals surface area contributed by atoms with Gasteiger partial charge in [0.1, 0.15) is 12.7 Å². The second kappa shape index (κ2) is 3.03. The van der Waals surface area contributed by atoms with Crippen molar-refractivity contribution in [3.05, 3.63) is 41.6 Å². The summed E-state index contributed by atoms with van der Waals surface area (Å²) in [4.78, 5) is 12.1. The van der Waals surface area contributed by atoms with Crippen molar-refractivity contribution in [1.29, 1.82) is 0 Å². The zero-order chi connectivity index (χ0) is 10.3. The van der Waals surface area contributed by atoms with Gasteiger partial charge in [-0.15, -0.1) is 0 Å². The molecule has 0 saturated heterocycles. The number of aromatic nitrogens is 3. The summed E-state index contributed by atoms with van der Waals surface area (Å²) in [6.07, 6.45) is 3.12. The third kappa shape index (κ3) is 1.35. The summed E-state index contributed by atoms with van der Waals surface area (Å²) in [5, 5.41) is 6.00. The average molecular weight is 215 g/mol. The first kappa shape index (κ1) is 8.37. The molecular formula is C9H5N5S. The zero-order valence-corrected chi connectivity index (χ0v) is 8.35. The Morgan fingerprint density at radius 1 is 1.13 bits per heavy atom. The summed E-state index contributed by atoms with van der Waals surface area (Å²) in [5.74, 6) is 0. The van der Waals surface area contributed by atoms with Crippen LogP contribution in [0.5, 0.6) is 0 Å². The Kier molecular flexibility index (Phi) is 1.69. The first-order chi connectivity index (χ1) is 7.33. The van der Waals surface area contributed by atoms with Crippen LogP contribution in [0.3, 0.4) is 0 Å². The van der Waals surface area contributed by atoms with E-state index in [2.05, 4.69) is 20.1 Å². The predicted octanol–water partition coefficient (Wildman–Crippen LogP) is -0.195. The maximum absolute atomic E-state index is 4.90. The average Bonchev–Trinajstić information content (AvgIpc) is 2.82. The molecule has 1 aliphatic heterocycles. The molecule has 0 spiro atoms. The molecular weight excluding hydrogens is 210 g/mol. The molecule has 1 aromatic heterocycles. The molecule has 6 heteroatoms. The summed E-state index contributed by atoms with van der Waals surface area (Å²) in [6, 6.07) is 5.66. The van der Waals surface area contributed by atoms with Gasteiger partial charge in [-0.05, 0) is 30.4 Å². The number of hydrogen-bond acceptors (Lipinski definition) is 3. The largest absolute Gasteiger partial charge is 0.223 e. The lowest BCUT2D eigenvalue weighted by Gasteiger charge is -1.97. The van der Waals surface area contributed by atoms with Gasteiger partial charge < -0.3 is 0 Å². The summed E-state index contributed by atoms with van der Waals surface area (Å²) in [6.45, 7) is 0. The summed E-state index contributed by atoms with van der Waals surface area (Å²) in [7, 11) is 0. The minimum atomic E-state index is 0.376. The number of benzene rings is 1. The minimum absolute atomic E-state index is 0.376. The molecule has 2 heterocycles. The molecule has 0 bridgehead atoms. The lowest BCUT2D eigenvalue weighted by molar-refractivity contribution is 0.876. The van der Waals surface area contributed by atoms with Crippen molar-refractivity contribution in [2.75, 3.05) is 0 Å². The molecule has 0 aliphatic carbocycles. The molecule has 0 amide bonds. The molecule has 0 saturated carbocycles. The summed E-state index contributed by atoms with van der Waals surface area (Å²) >= 11 is 4.90. The van der Waals surface area contributed by atoms with E-state index >= 15 is 0 Å². The fourth-order valence-electron chi connectivity index (χ4n) is 1.41. The van der Waals surface area contributed by atoms with Gasteiger partial charge in [-0.1, -0.05) is 0 Å². The fraction of sp³-hybridized carbons (Fsp3) is 0. The van der Waals surface area contributed by atoms with Crippen molar-refractivity contribution >= 4 is 17.3 Å². The van der Waals surface area contributed by atoms with Gasteiger partial charge in [0, 0.05) is 0 Å². The first-order valence-corrected chi connectivity index (χ1v) is 4.70. The van der Waals surface area contributed by atoms with E-state index in [0.717, 1.165) is 16.4 Å². The third-order valence-corrected chi connectivity index (χ3v) is 2.26. The highest BCUT2D eigenvalue weighted by Crippen LogP contribution is 1.99. The van der Waals surface area contributed by atoms with Gasteiger partial charge in [-0.25, -0.2) is 19.7 Å². The van der Waals surface area contributed by atoms with Crippen molar-refractivity contribution in [2.45, 2.75) is 0 Å². The molecule has 0 atom stereocenters. The van der Waals surface area contributed by atoms with E-state index in [0.29, 0.717) is 5.11 Å². The van der Waals surface area contributed by atoms with Gasteiger partial charge in [0.05, 0.1) is 16.4 Å². The SMILES string of the molecule is S=C1N=c2ccc(-n3cncn3)cc2=N1. The zero-order valence-electron chi connectivity index (χ0n) is 7.53. The van der Waals surface area contributed by atoms with E-state index in [1.165, 1.54) is 6.33 Å². The maximum atomic E-state index is 4.90. The number of thiocarbonyl (C=S) groups is 1. The topological polar surface area (TPSA) is 55.4 Å². The quantitative estimate of drug-likeness (QED) is 0.619. The monoisotopic (exact) mass is 215 g/mol. The van der Waals surface area contributed by atoms with Crippen LogP contribution in [0, 0.1) is 0 Å². The Morgan fingerprint density at radius 2 is 2.00 bits per heavy atom. The van der Waals surface area contributed by atoms with E-state index in [-0.39, 0.29) is 0 Å². The van der Waals surface area contributed by atoms with Crippen LogP contribution >= 0.6 is 12.2 Å². The van der Waals surface area contributed by atoms with Gasteiger partial charge in [-0.3, -0.25) is 0 Å². The highest BCUT2D eigenvalue weighted by atomic mass is 32.1. The third-order valence-electron chi connectivity index (χ3n) is 2.07. The smallest absolute Gasteiger partial charge is 0.220 e. The van der Waals surface area contributed by atoms with E-state index in [4.69, 9.17) is 12.2 Å². The molecule has 0 fully saturated rings. The predicted molar refractivity (Wildman–Crippen MR) is 56.3 cm³/mol. The number of nitrogens with zero attached hydrogens (tertiary/aromatic N) is 5. The molecule has 0 unspecified atom stereocenters. The van der Waals surface area contributed by atoms with Crippen LogP contribution < -0.4 is 10.7 Å². The second-order valence-corrected chi connectivity index (χ2v) is 3.38. The Labute approximate surface area is 89.8 Å². The molecule has 72 valence electrons. The van der Waals surface area contributed by atoms with E-state index in [1.807, 2.05) is 18.2 Å². The minimum Gasteiger partial charge on any atom is -0.223 e. The van der Waals surface area contributed by atoms with Gasteiger partial charge in [0.15, 0.2) is 0 Å². The van der Waals surface area contributed by atoms with Crippen LogP contribution in [-0.2, 0) is 0 Å². The molecule has 1 aromatic carbocycles. The van der Waals surface area contributed by atoms with Crippen LogP contribution in [-0.4, -0.2) is 19.9 Å². The number of rotatable bonds is 1. The standard InChI is InChI=1S/C9H5N5S/c15-9-12-7-2-1-6(3-8(7)13-9)14-5-10-4-11-14/h1-5H. The van der Waals surface area contributed by atoms with Gasteiger partial charge in [-0.2, -0.15) is 5.10 Å². The second-order valence-electron chi connectivity index (χ2n) is 3.02. The normalized spacial score (nSPS) is 13.2. The highest BCUT2D eigenvalue weighted by molar-refractivity contribution is 7.80. The molecule has 15 heavy (non-hydrogen) atoms. The van der Waals surface area contributed by atoms with Crippen LogP contribution in [0.25, 0.3) is 5.69 Å². The van der Waals surface area contributed by atoms with Crippen LogP contribution in [0.15, 0.2) is 40.8 Å². The molecule has 1 aliphatic rings. The Bertz CT molecular complexity index is 644. The highest BCUT2D eigenvalue weighted by Gasteiger charge is 2.03. The van der Waals surface area contributed by atoms with Gasteiger partial charge in [0.25, 0.3) is 0 Å². The fourth-order valence-corrected chi connectivity index (χ4v) is 1.61. The lowest BCUT2D eigenvalue weighted by Crippen LogP contribution is -2.22. The number of hydrogen-bond donors (Lipinski definition) is 0. The van der Waals surface area contributed by atoms with Crippen molar-refractivity contribution < 1.29 is 0 Å². The van der Waals surface area contributed by atoms with Crippen LogP contribution in [0.2, 0.25) is 0 Å². The molecule has 2 aromatic rings. The molecule has 3 rings (SSSR count). The van der Waals surface area contributed by atoms with Gasteiger partial charge >= 0.3 is 0 Å². The van der Waals surface area contributed by atoms with Crippen molar-refractivity contribution in [3.63, 3.8) is 0 Å². The van der Waals surface area contributed by atoms with Crippen LogP contribution in [0.4, 0.5) is 0 Å². The van der Waals surface area contributed by atoms with E-state index in [1.54, 1.807) is 11.0 Å². The Balaban J connectivity index is 2.25. The van der Waals surface area contributed by atoms with Crippen LogP contribution in [0.1, 0.15) is 0 Å². The van der Waals surface area contributed by atoms with E-state index in [9.17, 15) is 0 Å². The lowest BCUT2D eigenvalue weighted by atomic mass is 10.3. The molecule has 5 nitrogen and oxygen atoms in total. The Morgan fingerprint density at radius 3 is 2.80 bits per heavy atom. The van der Waals surface area contributed by atoms with Gasteiger partial charge in [0.2, 0.25) is 5.11 Å². The summed E-state index contributed by atoms with van der Waals surface area (Å²) < 4.78 is 1.66. The summed E-state index contributed by atoms with van der Waals surface area (Å²) in [5.41, 5.74) is 0.898. The first-order valence-electron chi connectivity index (χ1n) is 4.29. The van der Waals surface area contributed by atoms with Crippen molar-refractivity contribution in [2.24, 2.45) is 9.98 Å². The maximum Gasteiger partial charge on any atom is 0.220 e. The molecule has 0 radical (unpaired) electrons. The number of fused-ring (bicyclic) bond motifs is 1.